The van der Waals surface area contributed by atoms with Gasteiger partial charge in [-0.15, -0.1) is 0 Å². The summed E-state index contributed by atoms with van der Waals surface area (Å²) in [5.74, 6) is 1.53. The monoisotopic (exact) mass is 222 g/mol. The Morgan fingerprint density at radius 3 is 2.38 bits per heavy atom. The van der Waals surface area contributed by atoms with E-state index in [4.69, 9.17) is 0 Å². The molecule has 4 nitrogen and oxygen atoms in total. The van der Waals surface area contributed by atoms with E-state index in [9.17, 15) is 0 Å². The number of rotatable bonds is 3. The Kier molecular flexibility index (Phi) is 3.73. The topological polar surface area (TPSA) is 49.8 Å². The third-order valence-electron chi connectivity index (χ3n) is 2.74. The molecule has 0 aliphatic rings. The molecule has 2 N–H and O–H groups in total. The van der Waals surface area contributed by atoms with Crippen LogP contribution in [0.4, 0.5) is 11.8 Å². The highest BCUT2D eigenvalue weighted by molar-refractivity contribution is 5.42. The average molecular weight is 222 g/mol. The second kappa shape index (κ2) is 4.68. The lowest BCUT2D eigenvalue weighted by atomic mass is 9.88. The summed E-state index contributed by atoms with van der Waals surface area (Å²) in [6, 6.07) is 2.31. The molecule has 4 heteroatoms. The molecule has 1 atom stereocenters. The van der Waals surface area contributed by atoms with Crippen molar-refractivity contribution in [3.05, 3.63) is 11.8 Å². The Morgan fingerprint density at radius 1 is 1.25 bits per heavy atom. The summed E-state index contributed by atoms with van der Waals surface area (Å²) in [6.45, 7) is 10.7. The summed E-state index contributed by atoms with van der Waals surface area (Å²) in [6.07, 6.45) is 0. The molecule has 16 heavy (non-hydrogen) atoms. The number of hydrogen-bond acceptors (Lipinski definition) is 4. The molecule has 0 fully saturated rings. The second-order valence-corrected chi connectivity index (χ2v) is 5.20. The lowest BCUT2D eigenvalue weighted by molar-refractivity contribution is 0.358. The van der Waals surface area contributed by atoms with Gasteiger partial charge in [0.25, 0.3) is 0 Å². The Labute approximate surface area is 97.9 Å². The SMILES string of the molecule is CNc1nc(C)cc(NC(C)C(C)(C)C)n1. The van der Waals surface area contributed by atoms with Crippen LogP contribution in [0.1, 0.15) is 33.4 Å². The van der Waals surface area contributed by atoms with Gasteiger partial charge in [-0.2, -0.15) is 4.98 Å². The molecular formula is C12H22N4. The minimum absolute atomic E-state index is 0.207. The van der Waals surface area contributed by atoms with Gasteiger partial charge in [0, 0.05) is 24.8 Å². The Hall–Kier alpha value is -1.32. The zero-order valence-corrected chi connectivity index (χ0v) is 11.0. The molecule has 0 aromatic carbocycles. The molecule has 0 bridgehead atoms. The molecule has 0 spiro atoms. The summed E-state index contributed by atoms with van der Waals surface area (Å²) in [4.78, 5) is 8.63. The molecule has 1 heterocycles. The van der Waals surface area contributed by atoms with E-state index in [0.717, 1.165) is 11.5 Å². The smallest absolute Gasteiger partial charge is 0.224 e. The van der Waals surface area contributed by atoms with Crippen LogP contribution in [0.15, 0.2) is 6.07 Å². The number of aromatic nitrogens is 2. The first-order chi connectivity index (χ1) is 7.32. The first kappa shape index (κ1) is 12.7. The maximum Gasteiger partial charge on any atom is 0.224 e. The zero-order chi connectivity index (χ0) is 12.3. The van der Waals surface area contributed by atoms with Crippen LogP contribution in [-0.4, -0.2) is 23.1 Å². The molecule has 0 aliphatic heterocycles. The zero-order valence-electron chi connectivity index (χ0n) is 11.0. The predicted molar refractivity (Wildman–Crippen MR) is 68.9 cm³/mol. The van der Waals surface area contributed by atoms with Crippen LogP contribution < -0.4 is 10.6 Å². The van der Waals surface area contributed by atoms with Gasteiger partial charge in [0.2, 0.25) is 5.95 Å². The van der Waals surface area contributed by atoms with Crippen LogP contribution >= 0.6 is 0 Å². The third-order valence-corrected chi connectivity index (χ3v) is 2.74. The highest BCUT2D eigenvalue weighted by Gasteiger charge is 2.20. The van der Waals surface area contributed by atoms with E-state index < -0.39 is 0 Å². The van der Waals surface area contributed by atoms with Crippen LogP contribution in [0, 0.1) is 12.3 Å². The first-order valence-electron chi connectivity index (χ1n) is 5.63. The van der Waals surface area contributed by atoms with E-state index in [1.165, 1.54) is 0 Å². The molecule has 0 saturated heterocycles. The van der Waals surface area contributed by atoms with E-state index in [1.807, 2.05) is 20.0 Å². The summed E-state index contributed by atoms with van der Waals surface area (Å²) in [7, 11) is 1.83. The van der Waals surface area contributed by atoms with Gasteiger partial charge in [-0.3, -0.25) is 0 Å². The highest BCUT2D eigenvalue weighted by Crippen LogP contribution is 2.22. The number of nitrogens with zero attached hydrogens (tertiary/aromatic N) is 2. The second-order valence-electron chi connectivity index (χ2n) is 5.20. The molecule has 1 aromatic heterocycles. The van der Waals surface area contributed by atoms with Crippen molar-refractivity contribution in [1.29, 1.82) is 0 Å². The molecule has 0 radical (unpaired) electrons. The fraction of sp³-hybridized carbons (Fsp3) is 0.667. The van der Waals surface area contributed by atoms with Crippen molar-refractivity contribution in [3.8, 4) is 0 Å². The van der Waals surface area contributed by atoms with Crippen LogP contribution in [0.25, 0.3) is 0 Å². The van der Waals surface area contributed by atoms with Gasteiger partial charge in [0.1, 0.15) is 5.82 Å². The summed E-state index contributed by atoms with van der Waals surface area (Å²) < 4.78 is 0. The van der Waals surface area contributed by atoms with Crippen molar-refractivity contribution in [2.45, 2.75) is 40.7 Å². The number of nitrogens with one attached hydrogen (secondary N) is 2. The van der Waals surface area contributed by atoms with Crippen molar-refractivity contribution in [2.24, 2.45) is 5.41 Å². The maximum atomic E-state index is 4.37. The van der Waals surface area contributed by atoms with E-state index in [-0.39, 0.29) is 5.41 Å². The lowest BCUT2D eigenvalue weighted by Gasteiger charge is -2.28. The van der Waals surface area contributed by atoms with Gasteiger partial charge >= 0.3 is 0 Å². The average Bonchev–Trinajstić information content (AvgIpc) is 2.15. The normalized spacial score (nSPS) is 13.4. The van der Waals surface area contributed by atoms with Crippen LogP contribution in [0.5, 0.6) is 0 Å². The van der Waals surface area contributed by atoms with E-state index >= 15 is 0 Å². The van der Waals surface area contributed by atoms with E-state index in [1.54, 1.807) is 0 Å². The molecule has 1 aromatic rings. The Balaban J connectivity index is 2.85. The first-order valence-corrected chi connectivity index (χ1v) is 5.63. The van der Waals surface area contributed by atoms with Gasteiger partial charge < -0.3 is 10.6 Å². The van der Waals surface area contributed by atoms with E-state index in [2.05, 4.69) is 48.3 Å². The van der Waals surface area contributed by atoms with Crippen molar-refractivity contribution >= 4 is 11.8 Å². The van der Waals surface area contributed by atoms with Crippen molar-refractivity contribution in [2.75, 3.05) is 17.7 Å². The van der Waals surface area contributed by atoms with Crippen LogP contribution in [0.3, 0.4) is 0 Å². The number of anilines is 2. The van der Waals surface area contributed by atoms with Crippen molar-refractivity contribution < 1.29 is 0 Å². The minimum atomic E-state index is 0.207. The minimum Gasteiger partial charge on any atom is -0.367 e. The van der Waals surface area contributed by atoms with Gasteiger partial charge in [0.05, 0.1) is 0 Å². The lowest BCUT2D eigenvalue weighted by Crippen LogP contribution is -2.31. The molecular weight excluding hydrogens is 200 g/mol. The molecule has 90 valence electrons. The maximum absolute atomic E-state index is 4.37. The van der Waals surface area contributed by atoms with Crippen molar-refractivity contribution in [1.82, 2.24) is 9.97 Å². The Bertz CT molecular complexity index is 355. The molecule has 1 unspecified atom stereocenters. The standard InChI is InChI=1S/C12H22N4/c1-8-7-10(16-11(13-6)14-8)15-9(2)12(3,4)5/h7,9H,1-6H3,(H2,13,14,15,16). The molecule has 0 amide bonds. The third kappa shape index (κ3) is 3.36. The van der Waals surface area contributed by atoms with Crippen LogP contribution in [-0.2, 0) is 0 Å². The largest absolute Gasteiger partial charge is 0.367 e. The number of aryl methyl sites for hydroxylation is 1. The molecule has 0 saturated carbocycles. The predicted octanol–water partition coefficient (Wildman–Crippen LogP) is 2.67. The molecule has 0 aliphatic carbocycles. The van der Waals surface area contributed by atoms with Crippen LogP contribution in [0.2, 0.25) is 0 Å². The van der Waals surface area contributed by atoms with Gasteiger partial charge in [-0.05, 0) is 19.3 Å². The Morgan fingerprint density at radius 2 is 1.88 bits per heavy atom. The fourth-order valence-electron chi connectivity index (χ4n) is 1.19. The fourth-order valence-corrected chi connectivity index (χ4v) is 1.19. The van der Waals surface area contributed by atoms with Gasteiger partial charge in [0.15, 0.2) is 0 Å². The molecule has 1 rings (SSSR count). The van der Waals surface area contributed by atoms with E-state index in [0.29, 0.717) is 12.0 Å². The quantitative estimate of drug-likeness (QED) is 0.825. The number of hydrogen-bond donors (Lipinski definition) is 2. The van der Waals surface area contributed by atoms with Gasteiger partial charge in [-0.25, -0.2) is 4.98 Å². The summed E-state index contributed by atoms with van der Waals surface area (Å²) in [5, 5.41) is 6.36. The van der Waals surface area contributed by atoms with Crippen molar-refractivity contribution in [3.63, 3.8) is 0 Å². The summed E-state index contributed by atoms with van der Waals surface area (Å²) >= 11 is 0. The highest BCUT2D eigenvalue weighted by atomic mass is 15.1. The van der Waals surface area contributed by atoms with Gasteiger partial charge in [-0.1, -0.05) is 20.8 Å². The summed E-state index contributed by atoms with van der Waals surface area (Å²) in [5.41, 5.74) is 1.17.